The van der Waals surface area contributed by atoms with Crippen molar-refractivity contribution in [1.29, 1.82) is 0 Å². The van der Waals surface area contributed by atoms with Gasteiger partial charge in [-0.3, -0.25) is 14.5 Å². The maximum absolute atomic E-state index is 13.1. The van der Waals surface area contributed by atoms with Gasteiger partial charge in [-0.1, -0.05) is 31.4 Å². The zero-order valence-electron chi connectivity index (χ0n) is 14.5. The SMILES string of the molecule is O=C(CN1C(=O)c2cccnc2Oc2ccccc21)NC1CCCCC1. The van der Waals surface area contributed by atoms with E-state index in [0.29, 0.717) is 17.0 Å². The molecule has 1 N–H and O–H groups in total. The zero-order valence-corrected chi connectivity index (χ0v) is 14.5. The van der Waals surface area contributed by atoms with Gasteiger partial charge < -0.3 is 10.1 Å². The molecule has 1 aromatic carbocycles. The number of rotatable bonds is 3. The molecule has 0 atom stereocenters. The Balaban J connectivity index is 1.61. The van der Waals surface area contributed by atoms with Gasteiger partial charge in [-0.2, -0.15) is 0 Å². The van der Waals surface area contributed by atoms with Gasteiger partial charge in [-0.05, 0) is 37.1 Å². The standard InChI is InChI=1S/C20H21N3O3/c24-18(22-14-7-2-1-3-8-14)13-23-16-10-4-5-11-17(16)26-19-15(20(23)25)9-6-12-21-19/h4-6,9-12,14H,1-3,7-8,13H2,(H,22,24). The molecule has 2 amide bonds. The fourth-order valence-electron chi connectivity index (χ4n) is 3.58. The summed E-state index contributed by atoms with van der Waals surface area (Å²) < 4.78 is 5.83. The number of anilines is 1. The van der Waals surface area contributed by atoms with Gasteiger partial charge in [0.2, 0.25) is 11.8 Å². The summed E-state index contributed by atoms with van der Waals surface area (Å²) in [6, 6.07) is 10.8. The highest BCUT2D eigenvalue weighted by Crippen LogP contribution is 2.37. The molecule has 2 aromatic rings. The lowest BCUT2D eigenvalue weighted by atomic mass is 9.95. The molecular weight excluding hydrogens is 330 g/mol. The van der Waals surface area contributed by atoms with Crippen molar-refractivity contribution in [2.45, 2.75) is 38.1 Å². The van der Waals surface area contributed by atoms with E-state index in [1.54, 1.807) is 30.5 Å². The van der Waals surface area contributed by atoms with Crippen molar-refractivity contribution in [1.82, 2.24) is 10.3 Å². The highest BCUT2D eigenvalue weighted by Gasteiger charge is 2.30. The van der Waals surface area contributed by atoms with Crippen LogP contribution < -0.4 is 15.0 Å². The summed E-state index contributed by atoms with van der Waals surface area (Å²) in [6.07, 6.45) is 7.11. The normalized spacial score (nSPS) is 16.9. The number of hydrogen-bond acceptors (Lipinski definition) is 4. The van der Waals surface area contributed by atoms with Gasteiger partial charge in [0, 0.05) is 12.2 Å². The Kier molecular flexibility index (Phi) is 4.56. The van der Waals surface area contributed by atoms with Crippen molar-refractivity contribution >= 4 is 17.5 Å². The van der Waals surface area contributed by atoms with E-state index in [4.69, 9.17) is 4.74 Å². The molecule has 0 saturated heterocycles. The first-order chi connectivity index (χ1) is 12.7. The van der Waals surface area contributed by atoms with E-state index in [1.165, 1.54) is 11.3 Å². The van der Waals surface area contributed by atoms with Crippen molar-refractivity contribution in [3.63, 3.8) is 0 Å². The van der Waals surface area contributed by atoms with Crippen LogP contribution in [0.15, 0.2) is 42.6 Å². The first-order valence-corrected chi connectivity index (χ1v) is 9.05. The monoisotopic (exact) mass is 351 g/mol. The number of pyridine rings is 1. The van der Waals surface area contributed by atoms with E-state index in [0.717, 1.165) is 25.7 Å². The average Bonchev–Trinajstić information content (AvgIpc) is 2.78. The molecule has 1 saturated carbocycles. The third-order valence-corrected chi connectivity index (χ3v) is 4.88. The predicted octanol–water partition coefficient (Wildman–Crippen LogP) is 3.28. The van der Waals surface area contributed by atoms with Gasteiger partial charge in [0.1, 0.15) is 12.1 Å². The number of aromatic nitrogens is 1. The smallest absolute Gasteiger partial charge is 0.264 e. The molecule has 1 fully saturated rings. The number of amides is 2. The second-order valence-corrected chi connectivity index (χ2v) is 6.72. The van der Waals surface area contributed by atoms with E-state index in [-0.39, 0.29) is 30.3 Å². The van der Waals surface area contributed by atoms with E-state index in [1.807, 2.05) is 12.1 Å². The minimum atomic E-state index is -0.281. The molecule has 4 rings (SSSR count). The summed E-state index contributed by atoms with van der Waals surface area (Å²) in [5.41, 5.74) is 0.934. The van der Waals surface area contributed by atoms with Crippen LogP contribution in [0, 0.1) is 0 Å². The average molecular weight is 351 g/mol. The highest BCUT2D eigenvalue weighted by atomic mass is 16.5. The number of carbonyl (C=O) groups is 2. The minimum Gasteiger partial charge on any atom is -0.436 e. The van der Waals surface area contributed by atoms with E-state index in [9.17, 15) is 9.59 Å². The lowest BCUT2D eigenvalue weighted by molar-refractivity contribution is -0.120. The summed E-state index contributed by atoms with van der Waals surface area (Å²) in [7, 11) is 0. The van der Waals surface area contributed by atoms with Crippen LogP contribution in [0.2, 0.25) is 0 Å². The van der Waals surface area contributed by atoms with Crippen LogP contribution in [0.1, 0.15) is 42.5 Å². The van der Waals surface area contributed by atoms with Crippen LogP contribution in [-0.2, 0) is 4.79 Å². The maximum atomic E-state index is 13.1. The molecule has 1 aromatic heterocycles. The van der Waals surface area contributed by atoms with E-state index in [2.05, 4.69) is 10.3 Å². The Morgan fingerprint density at radius 2 is 1.96 bits per heavy atom. The Morgan fingerprint density at radius 3 is 2.81 bits per heavy atom. The lowest BCUT2D eigenvalue weighted by Gasteiger charge is -2.26. The van der Waals surface area contributed by atoms with Gasteiger partial charge >= 0.3 is 0 Å². The maximum Gasteiger partial charge on any atom is 0.264 e. The Hall–Kier alpha value is -2.89. The molecule has 0 bridgehead atoms. The summed E-state index contributed by atoms with van der Waals surface area (Å²) in [5.74, 6) is 0.355. The van der Waals surface area contributed by atoms with Crippen LogP contribution in [-0.4, -0.2) is 29.4 Å². The second-order valence-electron chi connectivity index (χ2n) is 6.72. The van der Waals surface area contributed by atoms with Crippen molar-refractivity contribution in [2.75, 3.05) is 11.4 Å². The molecular formula is C20H21N3O3. The Labute approximate surface area is 152 Å². The molecule has 6 nitrogen and oxygen atoms in total. The van der Waals surface area contributed by atoms with Gasteiger partial charge in [0.15, 0.2) is 5.75 Å². The third kappa shape index (κ3) is 3.27. The second kappa shape index (κ2) is 7.15. The lowest BCUT2D eigenvalue weighted by Crippen LogP contribution is -2.44. The van der Waals surface area contributed by atoms with Gasteiger partial charge in [0.05, 0.1) is 5.69 Å². The quantitative estimate of drug-likeness (QED) is 0.921. The summed E-state index contributed by atoms with van der Waals surface area (Å²) >= 11 is 0. The first kappa shape index (κ1) is 16.6. The van der Waals surface area contributed by atoms with Crippen LogP contribution in [0.25, 0.3) is 0 Å². The molecule has 134 valence electrons. The van der Waals surface area contributed by atoms with Crippen LogP contribution in [0.4, 0.5) is 5.69 Å². The molecule has 0 spiro atoms. The van der Waals surface area contributed by atoms with Gasteiger partial charge in [-0.15, -0.1) is 0 Å². The molecule has 26 heavy (non-hydrogen) atoms. The number of carbonyl (C=O) groups excluding carboxylic acids is 2. The first-order valence-electron chi connectivity index (χ1n) is 9.05. The number of nitrogens with zero attached hydrogens (tertiary/aromatic N) is 2. The van der Waals surface area contributed by atoms with Crippen molar-refractivity contribution in [3.8, 4) is 11.6 Å². The summed E-state index contributed by atoms with van der Waals surface area (Å²) in [4.78, 5) is 31.3. The Morgan fingerprint density at radius 1 is 1.15 bits per heavy atom. The summed E-state index contributed by atoms with van der Waals surface area (Å²) in [6.45, 7) is -0.0377. The van der Waals surface area contributed by atoms with Crippen molar-refractivity contribution in [2.24, 2.45) is 0 Å². The number of para-hydroxylation sites is 2. The van der Waals surface area contributed by atoms with Crippen LogP contribution in [0.5, 0.6) is 11.6 Å². The number of fused-ring (bicyclic) bond motifs is 2. The van der Waals surface area contributed by atoms with Crippen LogP contribution >= 0.6 is 0 Å². The Bertz CT molecular complexity index is 831. The fourth-order valence-corrected chi connectivity index (χ4v) is 3.58. The molecule has 1 aliphatic carbocycles. The van der Waals surface area contributed by atoms with Crippen molar-refractivity contribution < 1.29 is 14.3 Å². The zero-order chi connectivity index (χ0) is 17.9. The summed E-state index contributed by atoms with van der Waals surface area (Å²) in [5, 5.41) is 3.07. The number of hydrogen-bond donors (Lipinski definition) is 1. The minimum absolute atomic E-state index is 0.0377. The number of ether oxygens (including phenoxy) is 1. The molecule has 1 aliphatic heterocycles. The largest absolute Gasteiger partial charge is 0.436 e. The molecule has 0 unspecified atom stereocenters. The van der Waals surface area contributed by atoms with Crippen molar-refractivity contribution in [3.05, 3.63) is 48.2 Å². The molecule has 6 heteroatoms. The topological polar surface area (TPSA) is 71.5 Å². The van der Waals surface area contributed by atoms with Gasteiger partial charge in [0.25, 0.3) is 5.91 Å². The molecule has 2 heterocycles. The van der Waals surface area contributed by atoms with Gasteiger partial charge in [-0.25, -0.2) is 4.98 Å². The fraction of sp³-hybridized carbons (Fsp3) is 0.350. The highest BCUT2D eigenvalue weighted by molar-refractivity contribution is 6.11. The predicted molar refractivity (Wildman–Crippen MR) is 97.4 cm³/mol. The number of benzene rings is 1. The van der Waals surface area contributed by atoms with E-state index < -0.39 is 0 Å². The molecule has 2 aliphatic rings. The van der Waals surface area contributed by atoms with Crippen LogP contribution in [0.3, 0.4) is 0 Å². The van der Waals surface area contributed by atoms with E-state index >= 15 is 0 Å². The third-order valence-electron chi connectivity index (χ3n) is 4.88. The molecule has 0 radical (unpaired) electrons. The number of nitrogens with one attached hydrogen (secondary N) is 1.